The molecule has 0 radical (unpaired) electrons. The van der Waals surface area contributed by atoms with Gasteiger partial charge in [0, 0.05) is 5.69 Å². The number of H-pyrrole nitrogens is 1. The Morgan fingerprint density at radius 2 is 2.20 bits per heavy atom. The molecule has 0 aliphatic carbocycles. The first-order valence-corrected chi connectivity index (χ1v) is 5.89. The molecule has 2 aromatic heterocycles. The highest BCUT2D eigenvalue weighted by Gasteiger charge is 2.13. The predicted octanol–water partition coefficient (Wildman–Crippen LogP) is 0.946. The Morgan fingerprint density at radius 1 is 1.35 bits per heavy atom. The summed E-state index contributed by atoms with van der Waals surface area (Å²) in [5, 5.41) is 20.4. The lowest BCUT2D eigenvalue weighted by Crippen LogP contribution is -2.14. The highest BCUT2D eigenvalue weighted by Crippen LogP contribution is 2.19. The van der Waals surface area contributed by atoms with Gasteiger partial charge in [-0.1, -0.05) is 12.1 Å². The van der Waals surface area contributed by atoms with Crippen molar-refractivity contribution in [2.75, 3.05) is 5.32 Å². The van der Waals surface area contributed by atoms with Gasteiger partial charge in [0.05, 0.1) is 23.1 Å². The van der Waals surface area contributed by atoms with Crippen LogP contribution in [0.4, 0.5) is 5.69 Å². The van der Waals surface area contributed by atoms with Crippen molar-refractivity contribution in [2.24, 2.45) is 0 Å². The summed E-state index contributed by atoms with van der Waals surface area (Å²) in [5.41, 5.74) is 2.51. The number of aryl methyl sites for hydroxylation is 1. The fourth-order valence-electron chi connectivity index (χ4n) is 1.82. The molecule has 3 rings (SSSR count). The third kappa shape index (κ3) is 2.14. The van der Waals surface area contributed by atoms with Crippen molar-refractivity contribution in [1.82, 2.24) is 30.4 Å². The minimum atomic E-state index is -0.239. The second kappa shape index (κ2) is 4.92. The van der Waals surface area contributed by atoms with Crippen LogP contribution in [0.3, 0.4) is 0 Å². The molecule has 20 heavy (non-hydrogen) atoms. The topological polar surface area (TPSA) is 101 Å². The maximum Gasteiger partial charge on any atom is 0.259 e. The Labute approximate surface area is 113 Å². The summed E-state index contributed by atoms with van der Waals surface area (Å²) in [7, 11) is 0. The number of aromatic nitrogens is 6. The molecule has 0 fully saturated rings. The van der Waals surface area contributed by atoms with E-state index in [1.165, 1.54) is 17.2 Å². The van der Waals surface area contributed by atoms with Crippen molar-refractivity contribution in [1.29, 1.82) is 0 Å². The van der Waals surface area contributed by atoms with E-state index in [2.05, 4.69) is 31.0 Å². The molecule has 0 atom stereocenters. The van der Waals surface area contributed by atoms with Gasteiger partial charge in [-0.25, -0.2) is 0 Å². The molecule has 0 spiro atoms. The van der Waals surface area contributed by atoms with E-state index in [1.54, 1.807) is 13.0 Å². The minimum Gasteiger partial charge on any atom is -0.320 e. The molecule has 8 nitrogen and oxygen atoms in total. The third-order valence-electron chi connectivity index (χ3n) is 2.82. The number of benzene rings is 1. The van der Waals surface area contributed by atoms with Crippen molar-refractivity contribution in [3.8, 4) is 5.69 Å². The summed E-state index contributed by atoms with van der Waals surface area (Å²) < 4.78 is 1.48. The summed E-state index contributed by atoms with van der Waals surface area (Å²) in [5.74, 6) is -0.239. The van der Waals surface area contributed by atoms with Gasteiger partial charge in [0.15, 0.2) is 0 Å². The SMILES string of the molecule is Cc1[nH]ncc1C(=O)Nc1ccccc1-n1cnnn1. The highest BCUT2D eigenvalue weighted by molar-refractivity contribution is 6.05. The van der Waals surface area contributed by atoms with Gasteiger partial charge < -0.3 is 5.32 Å². The molecule has 2 heterocycles. The molecule has 0 aliphatic rings. The molecule has 100 valence electrons. The number of rotatable bonds is 3. The number of carbonyl (C=O) groups is 1. The van der Waals surface area contributed by atoms with E-state index >= 15 is 0 Å². The Hall–Kier alpha value is -3.03. The second-order valence-corrected chi connectivity index (χ2v) is 4.13. The predicted molar refractivity (Wildman–Crippen MR) is 70.4 cm³/mol. The molecule has 8 heteroatoms. The van der Waals surface area contributed by atoms with Crippen molar-refractivity contribution in [2.45, 2.75) is 6.92 Å². The van der Waals surface area contributed by atoms with Crippen LogP contribution < -0.4 is 5.32 Å². The highest BCUT2D eigenvalue weighted by atomic mass is 16.1. The summed E-state index contributed by atoms with van der Waals surface area (Å²) in [6.07, 6.45) is 2.96. The quantitative estimate of drug-likeness (QED) is 0.737. The Kier molecular flexibility index (Phi) is 2.96. The average Bonchev–Trinajstić information content (AvgIpc) is 3.10. The Bertz CT molecular complexity index is 732. The lowest BCUT2D eigenvalue weighted by molar-refractivity contribution is 0.102. The number of amides is 1. The fourth-order valence-corrected chi connectivity index (χ4v) is 1.82. The second-order valence-electron chi connectivity index (χ2n) is 4.13. The maximum atomic E-state index is 12.2. The molecular weight excluding hydrogens is 258 g/mol. The number of anilines is 1. The number of nitrogens with zero attached hydrogens (tertiary/aromatic N) is 5. The normalized spacial score (nSPS) is 10.4. The van der Waals surface area contributed by atoms with Crippen molar-refractivity contribution in [3.05, 3.63) is 48.0 Å². The Balaban J connectivity index is 1.92. The van der Waals surface area contributed by atoms with E-state index < -0.39 is 0 Å². The third-order valence-corrected chi connectivity index (χ3v) is 2.82. The molecule has 0 saturated carbocycles. The molecule has 3 aromatic rings. The average molecular weight is 269 g/mol. The number of para-hydroxylation sites is 2. The number of nitrogens with one attached hydrogen (secondary N) is 2. The van der Waals surface area contributed by atoms with Gasteiger partial charge in [-0.3, -0.25) is 9.89 Å². The monoisotopic (exact) mass is 269 g/mol. The van der Waals surface area contributed by atoms with Gasteiger partial charge >= 0.3 is 0 Å². The van der Waals surface area contributed by atoms with Crippen LogP contribution in [0.1, 0.15) is 16.1 Å². The summed E-state index contributed by atoms with van der Waals surface area (Å²) in [6.45, 7) is 1.79. The number of hydrogen-bond acceptors (Lipinski definition) is 5. The van der Waals surface area contributed by atoms with Crippen LogP contribution in [0.15, 0.2) is 36.8 Å². The maximum absolute atomic E-state index is 12.2. The van der Waals surface area contributed by atoms with E-state index in [1.807, 2.05) is 18.2 Å². The molecule has 0 bridgehead atoms. The van der Waals surface area contributed by atoms with Crippen molar-refractivity contribution < 1.29 is 4.79 Å². The van der Waals surface area contributed by atoms with Gasteiger partial charge in [0.25, 0.3) is 5.91 Å². The lowest BCUT2D eigenvalue weighted by atomic mass is 10.2. The zero-order chi connectivity index (χ0) is 13.9. The molecular formula is C12H11N7O. The molecule has 0 saturated heterocycles. The van der Waals surface area contributed by atoms with E-state index in [0.29, 0.717) is 22.6 Å². The largest absolute Gasteiger partial charge is 0.320 e. The molecule has 0 unspecified atom stereocenters. The lowest BCUT2D eigenvalue weighted by Gasteiger charge is -2.09. The first-order valence-electron chi connectivity index (χ1n) is 5.89. The molecule has 0 aliphatic heterocycles. The van der Waals surface area contributed by atoms with Crippen LogP contribution in [0.25, 0.3) is 5.69 Å². The summed E-state index contributed by atoms with van der Waals surface area (Å²) in [6, 6.07) is 7.26. The van der Waals surface area contributed by atoms with Gasteiger partial charge in [-0.05, 0) is 29.5 Å². The Morgan fingerprint density at radius 3 is 2.90 bits per heavy atom. The minimum absolute atomic E-state index is 0.239. The standard InChI is InChI=1S/C12H11N7O/c1-8-9(6-13-16-8)12(20)15-10-4-2-3-5-11(10)19-7-14-17-18-19/h2-7H,1H3,(H,13,16)(H,15,20). The first kappa shape index (κ1) is 12.0. The van der Waals surface area contributed by atoms with E-state index in [9.17, 15) is 4.79 Å². The number of carbonyl (C=O) groups excluding carboxylic acids is 1. The zero-order valence-corrected chi connectivity index (χ0v) is 10.6. The van der Waals surface area contributed by atoms with Crippen LogP contribution in [0.2, 0.25) is 0 Å². The van der Waals surface area contributed by atoms with Crippen LogP contribution in [-0.2, 0) is 0 Å². The van der Waals surface area contributed by atoms with Crippen molar-refractivity contribution in [3.63, 3.8) is 0 Å². The van der Waals surface area contributed by atoms with Gasteiger partial charge in [0.1, 0.15) is 6.33 Å². The van der Waals surface area contributed by atoms with Gasteiger partial charge in [-0.15, -0.1) is 5.10 Å². The van der Waals surface area contributed by atoms with Gasteiger partial charge in [0.2, 0.25) is 0 Å². The fraction of sp³-hybridized carbons (Fsp3) is 0.0833. The van der Waals surface area contributed by atoms with Crippen LogP contribution in [0, 0.1) is 6.92 Å². The number of aromatic amines is 1. The van der Waals surface area contributed by atoms with Crippen molar-refractivity contribution >= 4 is 11.6 Å². The van der Waals surface area contributed by atoms with E-state index in [4.69, 9.17) is 0 Å². The van der Waals surface area contributed by atoms with E-state index in [-0.39, 0.29) is 5.91 Å². The van der Waals surface area contributed by atoms with Crippen LogP contribution in [0.5, 0.6) is 0 Å². The van der Waals surface area contributed by atoms with Crippen LogP contribution in [-0.4, -0.2) is 36.3 Å². The van der Waals surface area contributed by atoms with Crippen LogP contribution >= 0.6 is 0 Å². The smallest absolute Gasteiger partial charge is 0.259 e. The number of hydrogen-bond donors (Lipinski definition) is 2. The molecule has 1 amide bonds. The van der Waals surface area contributed by atoms with E-state index in [0.717, 1.165) is 0 Å². The summed E-state index contributed by atoms with van der Waals surface area (Å²) in [4.78, 5) is 12.2. The first-order chi connectivity index (χ1) is 9.75. The molecule has 2 N–H and O–H groups in total. The summed E-state index contributed by atoms with van der Waals surface area (Å²) >= 11 is 0. The number of tetrazole rings is 1. The van der Waals surface area contributed by atoms with Gasteiger partial charge in [-0.2, -0.15) is 9.78 Å². The molecule has 1 aromatic carbocycles. The zero-order valence-electron chi connectivity index (χ0n) is 10.6.